The van der Waals surface area contributed by atoms with E-state index in [1.807, 2.05) is 0 Å². The van der Waals surface area contributed by atoms with Crippen LogP contribution in [-0.4, -0.2) is 24.7 Å². The normalized spacial score (nSPS) is 12.7. The van der Waals surface area contributed by atoms with E-state index < -0.39 is 36.5 Å². The van der Waals surface area contributed by atoms with Gasteiger partial charge in [-0.3, -0.25) is 4.79 Å². The standard InChI is InChI=1S/C23H20F5NO3S/c1-13-19(29-32-21(13)15-3-7-16(8-4-15)23(26,27)28)12-33-17-9-5-14(6-10-17)18(22(24)25)11-20(30)31-2/h3-10,18,22H,11-12H2,1-2H3. The van der Waals surface area contributed by atoms with Crippen molar-refractivity contribution < 1.29 is 36.0 Å². The molecule has 1 heterocycles. The van der Waals surface area contributed by atoms with Crippen LogP contribution in [-0.2, 0) is 21.5 Å². The topological polar surface area (TPSA) is 52.3 Å². The van der Waals surface area contributed by atoms with Gasteiger partial charge in [-0.25, -0.2) is 8.78 Å². The fraction of sp³-hybridized carbons (Fsp3) is 0.304. The highest BCUT2D eigenvalue weighted by molar-refractivity contribution is 7.98. The number of carbonyl (C=O) groups is 1. The maximum atomic E-state index is 13.3. The Balaban J connectivity index is 1.67. The number of halogens is 5. The van der Waals surface area contributed by atoms with Gasteiger partial charge in [-0.1, -0.05) is 29.4 Å². The first-order chi connectivity index (χ1) is 15.6. The number of esters is 1. The monoisotopic (exact) mass is 485 g/mol. The second-order valence-electron chi connectivity index (χ2n) is 7.24. The number of hydrogen-bond acceptors (Lipinski definition) is 5. The molecule has 176 valence electrons. The summed E-state index contributed by atoms with van der Waals surface area (Å²) in [6.45, 7) is 1.77. The van der Waals surface area contributed by atoms with Gasteiger partial charge in [0.1, 0.15) is 0 Å². The Morgan fingerprint density at radius 1 is 1.09 bits per heavy atom. The average molecular weight is 485 g/mol. The molecule has 0 aliphatic carbocycles. The Morgan fingerprint density at radius 2 is 1.73 bits per heavy atom. The van der Waals surface area contributed by atoms with Crippen molar-refractivity contribution in [3.05, 3.63) is 70.9 Å². The minimum absolute atomic E-state index is 0.335. The van der Waals surface area contributed by atoms with E-state index in [-0.39, 0.29) is 0 Å². The molecule has 33 heavy (non-hydrogen) atoms. The summed E-state index contributed by atoms with van der Waals surface area (Å²) >= 11 is 1.40. The maximum Gasteiger partial charge on any atom is 0.416 e. The van der Waals surface area contributed by atoms with E-state index in [4.69, 9.17) is 4.52 Å². The summed E-state index contributed by atoms with van der Waals surface area (Å²) < 4.78 is 74.8. The lowest BCUT2D eigenvalue weighted by Gasteiger charge is -2.15. The van der Waals surface area contributed by atoms with Gasteiger partial charge in [0.2, 0.25) is 6.43 Å². The van der Waals surface area contributed by atoms with Gasteiger partial charge in [0.25, 0.3) is 0 Å². The third kappa shape index (κ3) is 6.13. The molecule has 1 unspecified atom stereocenters. The van der Waals surface area contributed by atoms with E-state index in [1.165, 1.54) is 23.9 Å². The molecule has 0 N–H and O–H groups in total. The highest BCUT2D eigenvalue weighted by atomic mass is 32.2. The summed E-state index contributed by atoms with van der Waals surface area (Å²) in [5.41, 5.74) is 1.40. The van der Waals surface area contributed by atoms with Crippen molar-refractivity contribution in [3.63, 3.8) is 0 Å². The average Bonchev–Trinajstić information content (AvgIpc) is 3.15. The summed E-state index contributed by atoms with van der Waals surface area (Å²) in [5, 5.41) is 4.02. The minimum Gasteiger partial charge on any atom is -0.469 e. The molecule has 0 fully saturated rings. The lowest BCUT2D eigenvalue weighted by molar-refractivity contribution is -0.142. The van der Waals surface area contributed by atoms with Crippen molar-refractivity contribution in [1.29, 1.82) is 0 Å². The predicted octanol–water partition coefficient (Wildman–Crippen LogP) is 6.87. The molecule has 0 bridgehead atoms. The zero-order valence-corrected chi connectivity index (χ0v) is 18.5. The van der Waals surface area contributed by atoms with Crippen LogP contribution in [0.25, 0.3) is 11.3 Å². The van der Waals surface area contributed by atoms with E-state index in [0.29, 0.717) is 33.9 Å². The molecule has 0 aliphatic heterocycles. The summed E-state index contributed by atoms with van der Waals surface area (Å²) in [6, 6.07) is 11.1. The number of benzene rings is 2. The van der Waals surface area contributed by atoms with E-state index >= 15 is 0 Å². The third-order valence-electron chi connectivity index (χ3n) is 5.10. The van der Waals surface area contributed by atoms with Crippen LogP contribution in [0.4, 0.5) is 22.0 Å². The second kappa shape index (κ2) is 10.4. The number of alkyl halides is 5. The van der Waals surface area contributed by atoms with Crippen molar-refractivity contribution in [3.8, 4) is 11.3 Å². The Labute approximate surface area is 191 Å². The van der Waals surface area contributed by atoms with E-state index in [1.54, 1.807) is 31.2 Å². The molecule has 3 aromatic rings. The molecule has 0 amide bonds. The van der Waals surface area contributed by atoms with Crippen molar-refractivity contribution in [2.24, 2.45) is 0 Å². The number of methoxy groups -OCH3 is 1. The number of nitrogens with zero attached hydrogens (tertiary/aromatic N) is 1. The van der Waals surface area contributed by atoms with Crippen LogP contribution in [0.15, 0.2) is 57.9 Å². The molecular weight excluding hydrogens is 465 g/mol. The summed E-state index contributed by atoms with van der Waals surface area (Å²) in [5.74, 6) is -1.16. The smallest absolute Gasteiger partial charge is 0.416 e. The van der Waals surface area contributed by atoms with E-state index in [9.17, 15) is 26.7 Å². The van der Waals surface area contributed by atoms with Crippen molar-refractivity contribution in [2.45, 2.75) is 42.5 Å². The van der Waals surface area contributed by atoms with Crippen LogP contribution < -0.4 is 0 Å². The van der Waals surface area contributed by atoms with Gasteiger partial charge in [-0.2, -0.15) is 13.2 Å². The van der Waals surface area contributed by atoms with Crippen LogP contribution in [0, 0.1) is 6.92 Å². The highest BCUT2D eigenvalue weighted by Crippen LogP contribution is 2.34. The molecule has 3 rings (SSSR count). The predicted molar refractivity (Wildman–Crippen MR) is 113 cm³/mol. The number of rotatable bonds is 8. The van der Waals surface area contributed by atoms with Gasteiger partial charge in [-0.15, -0.1) is 11.8 Å². The SMILES string of the molecule is COC(=O)CC(c1ccc(SCc2noc(-c3ccc(C(F)(F)F)cc3)c2C)cc1)C(F)F. The zero-order chi connectivity index (χ0) is 24.2. The van der Waals surface area contributed by atoms with Gasteiger partial charge in [-0.05, 0) is 36.8 Å². The molecule has 1 atom stereocenters. The zero-order valence-electron chi connectivity index (χ0n) is 17.7. The second-order valence-corrected chi connectivity index (χ2v) is 8.29. The molecule has 0 radical (unpaired) electrons. The Bertz CT molecular complexity index is 1080. The number of hydrogen-bond donors (Lipinski definition) is 0. The Kier molecular flexibility index (Phi) is 7.78. The summed E-state index contributed by atoms with van der Waals surface area (Å²) in [7, 11) is 1.15. The summed E-state index contributed by atoms with van der Waals surface area (Å²) in [6.07, 6.45) is -7.53. The molecule has 0 aliphatic rings. The first kappa shape index (κ1) is 24.8. The van der Waals surface area contributed by atoms with E-state index in [0.717, 1.165) is 24.1 Å². The molecular formula is C23H20F5NO3S. The minimum atomic E-state index is -4.42. The lowest BCUT2D eigenvalue weighted by Crippen LogP contribution is -2.15. The first-order valence-electron chi connectivity index (χ1n) is 9.80. The van der Waals surface area contributed by atoms with Crippen molar-refractivity contribution in [2.75, 3.05) is 7.11 Å². The highest BCUT2D eigenvalue weighted by Gasteiger charge is 2.30. The summed E-state index contributed by atoms with van der Waals surface area (Å²) in [4.78, 5) is 12.2. The molecule has 2 aromatic carbocycles. The number of aromatic nitrogens is 1. The molecule has 0 saturated carbocycles. The van der Waals surface area contributed by atoms with Crippen LogP contribution in [0.1, 0.15) is 34.7 Å². The quantitative estimate of drug-likeness (QED) is 0.198. The largest absolute Gasteiger partial charge is 0.469 e. The van der Waals surface area contributed by atoms with Gasteiger partial charge < -0.3 is 9.26 Å². The van der Waals surface area contributed by atoms with Crippen molar-refractivity contribution >= 4 is 17.7 Å². The van der Waals surface area contributed by atoms with Crippen LogP contribution in [0.2, 0.25) is 0 Å². The van der Waals surface area contributed by atoms with Crippen LogP contribution in [0.5, 0.6) is 0 Å². The molecule has 0 saturated heterocycles. The van der Waals surface area contributed by atoms with Gasteiger partial charge >= 0.3 is 12.1 Å². The fourth-order valence-corrected chi connectivity index (χ4v) is 4.06. The first-order valence-corrected chi connectivity index (χ1v) is 10.8. The fourth-order valence-electron chi connectivity index (χ4n) is 3.16. The number of carbonyl (C=O) groups excluding carboxylic acids is 1. The Hall–Kier alpha value is -2.88. The molecule has 0 spiro atoms. The van der Waals surface area contributed by atoms with Gasteiger partial charge in [0.15, 0.2) is 5.76 Å². The van der Waals surface area contributed by atoms with E-state index in [2.05, 4.69) is 9.89 Å². The molecule has 4 nitrogen and oxygen atoms in total. The van der Waals surface area contributed by atoms with Gasteiger partial charge in [0.05, 0.1) is 30.7 Å². The van der Waals surface area contributed by atoms with Crippen molar-refractivity contribution in [1.82, 2.24) is 5.16 Å². The Morgan fingerprint density at radius 3 is 2.27 bits per heavy atom. The third-order valence-corrected chi connectivity index (χ3v) is 6.12. The van der Waals surface area contributed by atoms with Gasteiger partial charge in [0, 0.05) is 21.8 Å². The number of ether oxygens (including phenoxy) is 1. The van der Waals surface area contributed by atoms with Crippen LogP contribution >= 0.6 is 11.8 Å². The lowest BCUT2D eigenvalue weighted by atomic mass is 9.96. The number of thioether (sulfide) groups is 1. The van der Waals surface area contributed by atoms with Crippen LogP contribution in [0.3, 0.4) is 0 Å². The molecule has 1 aromatic heterocycles. The maximum absolute atomic E-state index is 13.3. The molecule has 10 heteroatoms.